The number of rotatable bonds is 9. The van der Waals surface area contributed by atoms with Crippen LogP contribution in [0.1, 0.15) is 54.1 Å². The van der Waals surface area contributed by atoms with Gasteiger partial charge in [-0.3, -0.25) is 9.59 Å². The molecule has 0 unspecified atom stereocenters. The van der Waals surface area contributed by atoms with E-state index in [9.17, 15) is 9.59 Å². The van der Waals surface area contributed by atoms with Crippen LogP contribution in [-0.2, 0) is 11.3 Å². The number of halogens is 1. The molecule has 1 heterocycles. The van der Waals surface area contributed by atoms with Crippen molar-refractivity contribution in [3.8, 4) is 0 Å². The zero-order valence-corrected chi connectivity index (χ0v) is 22.5. The van der Waals surface area contributed by atoms with E-state index in [-0.39, 0.29) is 29.5 Å². The van der Waals surface area contributed by atoms with E-state index in [0.29, 0.717) is 23.1 Å². The minimum atomic E-state index is -0.310. The van der Waals surface area contributed by atoms with Gasteiger partial charge >= 0.3 is 0 Å². The van der Waals surface area contributed by atoms with Crippen molar-refractivity contribution >= 4 is 45.2 Å². The van der Waals surface area contributed by atoms with E-state index in [1.54, 1.807) is 0 Å². The molecule has 0 spiro atoms. The zero-order valence-electron chi connectivity index (χ0n) is 20.1. The highest BCUT2D eigenvalue weighted by Crippen LogP contribution is 2.26. The lowest BCUT2D eigenvalue weighted by atomic mass is 10.0. The first kappa shape index (κ1) is 26.0. The number of aryl methyl sites for hydroxylation is 2. The Kier molecular flexibility index (Phi) is 8.90. The van der Waals surface area contributed by atoms with E-state index in [1.807, 2.05) is 81.7 Å². The molecule has 0 saturated heterocycles. The SMILES string of the molecule is CCn1c(SCC(=O)Nc2ccc(Br)cc2C)nnc1[C@@H](NC(=O)c1ccc(C)cc1)C(C)C. The molecule has 3 aromatic rings. The first-order chi connectivity index (χ1) is 16.2. The van der Waals surface area contributed by atoms with Crippen LogP contribution in [0, 0.1) is 19.8 Å². The number of amides is 2. The summed E-state index contributed by atoms with van der Waals surface area (Å²) < 4.78 is 2.93. The smallest absolute Gasteiger partial charge is 0.251 e. The Balaban J connectivity index is 1.71. The molecule has 0 aliphatic rings. The highest BCUT2D eigenvalue weighted by molar-refractivity contribution is 9.10. The monoisotopic (exact) mass is 543 g/mol. The van der Waals surface area contributed by atoms with Crippen molar-refractivity contribution < 1.29 is 9.59 Å². The molecule has 1 atom stereocenters. The second-order valence-corrected chi connectivity index (χ2v) is 10.3. The van der Waals surface area contributed by atoms with Gasteiger partial charge in [-0.25, -0.2) is 0 Å². The van der Waals surface area contributed by atoms with Crippen LogP contribution in [0.3, 0.4) is 0 Å². The summed E-state index contributed by atoms with van der Waals surface area (Å²) in [6.45, 7) is 10.6. The molecule has 2 aromatic carbocycles. The van der Waals surface area contributed by atoms with Gasteiger partial charge in [-0.2, -0.15) is 0 Å². The van der Waals surface area contributed by atoms with E-state index < -0.39 is 0 Å². The molecule has 0 aliphatic heterocycles. The Bertz CT molecular complexity index is 1160. The highest BCUT2D eigenvalue weighted by atomic mass is 79.9. The summed E-state index contributed by atoms with van der Waals surface area (Å²) in [5.41, 5.74) is 3.47. The fraction of sp³-hybridized carbons (Fsp3) is 0.360. The van der Waals surface area contributed by atoms with Gasteiger partial charge in [0.05, 0.1) is 11.8 Å². The van der Waals surface area contributed by atoms with Crippen LogP contribution in [0.15, 0.2) is 52.1 Å². The van der Waals surface area contributed by atoms with Crippen molar-refractivity contribution in [2.75, 3.05) is 11.1 Å². The molecular formula is C25H30BrN5O2S. The normalized spacial score (nSPS) is 12.0. The number of carbonyl (C=O) groups excluding carboxylic acids is 2. The Morgan fingerprint density at radius 3 is 2.41 bits per heavy atom. The third kappa shape index (κ3) is 6.48. The number of nitrogens with one attached hydrogen (secondary N) is 2. The van der Waals surface area contributed by atoms with Crippen LogP contribution in [0.5, 0.6) is 0 Å². The quantitative estimate of drug-likeness (QED) is 0.346. The number of anilines is 1. The molecule has 3 rings (SSSR count). The molecule has 180 valence electrons. The van der Waals surface area contributed by atoms with Gasteiger partial charge in [-0.1, -0.05) is 59.2 Å². The average Bonchev–Trinajstić information content (AvgIpc) is 3.20. The largest absolute Gasteiger partial charge is 0.342 e. The van der Waals surface area contributed by atoms with Gasteiger partial charge in [0.1, 0.15) is 0 Å². The van der Waals surface area contributed by atoms with Crippen molar-refractivity contribution in [2.24, 2.45) is 5.92 Å². The minimum absolute atomic E-state index is 0.102. The maximum absolute atomic E-state index is 12.9. The summed E-state index contributed by atoms with van der Waals surface area (Å²) >= 11 is 4.76. The molecule has 34 heavy (non-hydrogen) atoms. The lowest BCUT2D eigenvalue weighted by molar-refractivity contribution is -0.113. The maximum Gasteiger partial charge on any atom is 0.251 e. The third-order valence-corrected chi connectivity index (χ3v) is 6.86. The molecule has 0 fully saturated rings. The molecule has 0 aliphatic carbocycles. The Labute approximate surface area is 213 Å². The molecule has 0 saturated carbocycles. The van der Waals surface area contributed by atoms with Crippen LogP contribution in [0.25, 0.3) is 0 Å². The van der Waals surface area contributed by atoms with Gasteiger partial charge in [-0.05, 0) is 62.6 Å². The molecule has 1 aromatic heterocycles. The molecule has 9 heteroatoms. The van der Waals surface area contributed by atoms with Crippen LogP contribution in [0.4, 0.5) is 5.69 Å². The van der Waals surface area contributed by atoms with Crippen molar-refractivity contribution in [3.63, 3.8) is 0 Å². The summed E-state index contributed by atoms with van der Waals surface area (Å²) in [4.78, 5) is 25.4. The van der Waals surface area contributed by atoms with Crippen LogP contribution in [0.2, 0.25) is 0 Å². The van der Waals surface area contributed by atoms with E-state index in [0.717, 1.165) is 21.3 Å². The van der Waals surface area contributed by atoms with Crippen molar-refractivity contribution in [2.45, 2.75) is 52.4 Å². The number of hydrogen-bond acceptors (Lipinski definition) is 5. The van der Waals surface area contributed by atoms with Gasteiger partial charge in [0, 0.05) is 22.3 Å². The maximum atomic E-state index is 12.9. The van der Waals surface area contributed by atoms with Gasteiger partial charge in [0.2, 0.25) is 5.91 Å². The Morgan fingerprint density at radius 2 is 1.79 bits per heavy atom. The van der Waals surface area contributed by atoms with Crippen molar-refractivity contribution in [1.82, 2.24) is 20.1 Å². The lowest BCUT2D eigenvalue weighted by Gasteiger charge is -2.22. The molecule has 0 radical (unpaired) electrons. The predicted octanol–water partition coefficient (Wildman–Crippen LogP) is 5.54. The second-order valence-electron chi connectivity index (χ2n) is 8.44. The predicted molar refractivity (Wildman–Crippen MR) is 140 cm³/mol. The Morgan fingerprint density at radius 1 is 1.09 bits per heavy atom. The molecule has 7 nitrogen and oxygen atoms in total. The minimum Gasteiger partial charge on any atom is -0.342 e. The van der Waals surface area contributed by atoms with E-state index >= 15 is 0 Å². The summed E-state index contributed by atoms with van der Waals surface area (Å²) in [5.74, 6) is 0.726. The summed E-state index contributed by atoms with van der Waals surface area (Å²) in [7, 11) is 0. The fourth-order valence-corrected chi connectivity index (χ4v) is 4.76. The standard InChI is InChI=1S/C25H30BrN5O2S/c1-6-31-23(22(15(2)3)28-24(33)18-9-7-16(4)8-10-18)29-30-25(31)34-14-21(32)27-20-12-11-19(26)13-17(20)5/h7-13,15,22H,6,14H2,1-5H3,(H,27,32)(H,28,33)/t22-/m0/s1. The van der Waals surface area contributed by atoms with Gasteiger partial charge < -0.3 is 15.2 Å². The number of carbonyl (C=O) groups is 2. The van der Waals surface area contributed by atoms with E-state index in [2.05, 4.69) is 36.8 Å². The third-order valence-electron chi connectivity index (χ3n) is 5.40. The van der Waals surface area contributed by atoms with Crippen molar-refractivity contribution in [3.05, 3.63) is 69.5 Å². The number of nitrogens with zero attached hydrogens (tertiary/aromatic N) is 3. The zero-order chi connectivity index (χ0) is 24.8. The molecule has 2 amide bonds. The average molecular weight is 545 g/mol. The molecular weight excluding hydrogens is 514 g/mol. The van der Waals surface area contributed by atoms with Gasteiger partial charge in [-0.15, -0.1) is 10.2 Å². The number of thioether (sulfide) groups is 1. The first-order valence-electron chi connectivity index (χ1n) is 11.2. The van der Waals surface area contributed by atoms with Crippen LogP contribution >= 0.6 is 27.7 Å². The second kappa shape index (κ2) is 11.7. The van der Waals surface area contributed by atoms with Crippen molar-refractivity contribution in [1.29, 1.82) is 0 Å². The summed E-state index contributed by atoms with van der Waals surface area (Å²) in [6.07, 6.45) is 0. The lowest BCUT2D eigenvalue weighted by Crippen LogP contribution is -2.33. The molecule has 0 bridgehead atoms. The highest BCUT2D eigenvalue weighted by Gasteiger charge is 2.26. The van der Waals surface area contributed by atoms with E-state index in [1.165, 1.54) is 11.8 Å². The van der Waals surface area contributed by atoms with Gasteiger partial charge in [0.25, 0.3) is 5.91 Å². The first-order valence-corrected chi connectivity index (χ1v) is 13.0. The van der Waals surface area contributed by atoms with E-state index in [4.69, 9.17) is 0 Å². The number of hydrogen-bond donors (Lipinski definition) is 2. The molecule has 2 N–H and O–H groups in total. The Hall–Kier alpha value is -2.65. The number of benzene rings is 2. The van der Waals surface area contributed by atoms with Crippen LogP contribution < -0.4 is 10.6 Å². The summed E-state index contributed by atoms with van der Waals surface area (Å²) in [5, 5.41) is 15.4. The number of aromatic nitrogens is 3. The topological polar surface area (TPSA) is 88.9 Å². The fourth-order valence-electron chi connectivity index (χ4n) is 3.48. The summed E-state index contributed by atoms with van der Waals surface area (Å²) in [6, 6.07) is 12.9. The van der Waals surface area contributed by atoms with Gasteiger partial charge in [0.15, 0.2) is 11.0 Å². The van der Waals surface area contributed by atoms with Crippen LogP contribution in [-0.4, -0.2) is 32.3 Å².